The maximum atomic E-state index is 6.07. The molecule has 0 aliphatic heterocycles. The van der Waals surface area contributed by atoms with Gasteiger partial charge in [0.05, 0.1) is 6.61 Å². The number of halogens is 1. The number of hydrogen-bond acceptors (Lipinski definition) is 3. The molecule has 4 heteroatoms. The van der Waals surface area contributed by atoms with Crippen LogP contribution in [0.15, 0.2) is 40.8 Å². The van der Waals surface area contributed by atoms with E-state index in [4.69, 9.17) is 26.5 Å². The minimum Gasteiger partial charge on any atom is -0.464 e. The van der Waals surface area contributed by atoms with E-state index < -0.39 is 0 Å². The summed E-state index contributed by atoms with van der Waals surface area (Å²) in [5.41, 5.74) is 6.64. The van der Waals surface area contributed by atoms with Crippen molar-refractivity contribution in [1.29, 1.82) is 0 Å². The highest BCUT2D eigenvalue weighted by Crippen LogP contribution is 2.22. The average Bonchev–Trinajstić information content (AvgIpc) is 2.79. The highest BCUT2D eigenvalue weighted by atomic mass is 35.5. The molecule has 96 valence electrons. The van der Waals surface area contributed by atoms with E-state index in [-0.39, 0.29) is 6.10 Å². The van der Waals surface area contributed by atoms with Gasteiger partial charge >= 0.3 is 0 Å². The standard InChI is InChI=1S/C14H16ClNO2/c1-10-6-7-13(18-10)14(8-16)17-9-11-4-2-3-5-12(11)15/h2-7,14H,8-9,16H2,1H3. The van der Waals surface area contributed by atoms with Gasteiger partial charge in [0.15, 0.2) is 0 Å². The van der Waals surface area contributed by atoms with Crippen LogP contribution in [0.4, 0.5) is 0 Å². The highest BCUT2D eigenvalue weighted by Gasteiger charge is 2.14. The Hall–Kier alpha value is -1.29. The number of hydrogen-bond donors (Lipinski definition) is 1. The van der Waals surface area contributed by atoms with Gasteiger partial charge in [0.1, 0.15) is 17.6 Å². The van der Waals surface area contributed by atoms with E-state index in [1.165, 1.54) is 0 Å². The summed E-state index contributed by atoms with van der Waals surface area (Å²) in [6.45, 7) is 2.68. The SMILES string of the molecule is Cc1ccc(C(CN)OCc2ccccc2Cl)o1. The Bertz CT molecular complexity index is 510. The molecule has 1 aromatic heterocycles. The monoisotopic (exact) mass is 265 g/mol. The molecule has 0 bridgehead atoms. The molecule has 1 aromatic carbocycles. The van der Waals surface area contributed by atoms with Crippen molar-refractivity contribution >= 4 is 11.6 Å². The van der Waals surface area contributed by atoms with E-state index in [1.807, 2.05) is 43.3 Å². The van der Waals surface area contributed by atoms with Crippen LogP contribution in [0.3, 0.4) is 0 Å². The molecule has 2 N–H and O–H groups in total. The molecule has 0 fully saturated rings. The number of rotatable bonds is 5. The zero-order chi connectivity index (χ0) is 13.0. The number of furan rings is 1. The lowest BCUT2D eigenvalue weighted by atomic mass is 10.2. The van der Waals surface area contributed by atoms with Gasteiger partial charge < -0.3 is 14.9 Å². The Labute approximate surface area is 111 Å². The summed E-state index contributed by atoms with van der Waals surface area (Å²) in [5.74, 6) is 1.60. The quantitative estimate of drug-likeness (QED) is 0.901. The van der Waals surface area contributed by atoms with Crippen molar-refractivity contribution in [3.05, 3.63) is 58.5 Å². The fourth-order valence-electron chi connectivity index (χ4n) is 1.70. The topological polar surface area (TPSA) is 48.4 Å². The zero-order valence-electron chi connectivity index (χ0n) is 10.2. The lowest BCUT2D eigenvalue weighted by Gasteiger charge is -2.14. The largest absolute Gasteiger partial charge is 0.464 e. The fraction of sp³-hybridized carbons (Fsp3) is 0.286. The van der Waals surface area contributed by atoms with Crippen molar-refractivity contribution in [2.45, 2.75) is 19.6 Å². The Morgan fingerprint density at radius 2 is 2.06 bits per heavy atom. The van der Waals surface area contributed by atoms with Crippen molar-refractivity contribution in [2.75, 3.05) is 6.54 Å². The van der Waals surface area contributed by atoms with E-state index in [0.717, 1.165) is 17.1 Å². The molecule has 2 rings (SSSR count). The molecule has 0 saturated heterocycles. The Morgan fingerprint density at radius 1 is 1.28 bits per heavy atom. The van der Waals surface area contributed by atoms with Gasteiger partial charge in [-0.2, -0.15) is 0 Å². The predicted octanol–water partition coefficient (Wildman–Crippen LogP) is 3.46. The van der Waals surface area contributed by atoms with Crippen molar-refractivity contribution in [3.63, 3.8) is 0 Å². The first-order valence-corrected chi connectivity index (χ1v) is 6.20. The molecule has 0 saturated carbocycles. The van der Waals surface area contributed by atoms with Crippen LogP contribution in [0.1, 0.15) is 23.2 Å². The van der Waals surface area contributed by atoms with E-state index in [2.05, 4.69) is 0 Å². The van der Waals surface area contributed by atoms with Crippen molar-refractivity contribution in [2.24, 2.45) is 5.73 Å². The van der Waals surface area contributed by atoms with Crippen LogP contribution in [-0.4, -0.2) is 6.54 Å². The minimum atomic E-state index is -0.241. The minimum absolute atomic E-state index is 0.241. The van der Waals surface area contributed by atoms with E-state index in [9.17, 15) is 0 Å². The Balaban J connectivity index is 2.02. The van der Waals surface area contributed by atoms with Gasteiger partial charge in [-0.15, -0.1) is 0 Å². The Morgan fingerprint density at radius 3 is 2.67 bits per heavy atom. The van der Waals surface area contributed by atoms with Gasteiger partial charge in [-0.25, -0.2) is 0 Å². The normalized spacial score (nSPS) is 12.6. The van der Waals surface area contributed by atoms with Crippen molar-refractivity contribution in [1.82, 2.24) is 0 Å². The van der Waals surface area contributed by atoms with Gasteiger partial charge in [-0.05, 0) is 30.7 Å². The third kappa shape index (κ3) is 3.13. The summed E-state index contributed by atoms with van der Waals surface area (Å²) < 4.78 is 11.3. The fourth-order valence-corrected chi connectivity index (χ4v) is 1.89. The molecule has 0 radical (unpaired) electrons. The molecular formula is C14H16ClNO2. The van der Waals surface area contributed by atoms with Crippen LogP contribution in [0.5, 0.6) is 0 Å². The second-order valence-electron chi connectivity index (χ2n) is 4.08. The zero-order valence-corrected chi connectivity index (χ0v) is 11.0. The summed E-state index contributed by atoms with van der Waals surface area (Å²) in [6, 6.07) is 11.4. The summed E-state index contributed by atoms with van der Waals surface area (Å²) >= 11 is 6.07. The maximum absolute atomic E-state index is 6.07. The van der Waals surface area contributed by atoms with E-state index >= 15 is 0 Å². The maximum Gasteiger partial charge on any atom is 0.134 e. The molecule has 0 amide bonds. The molecule has 1 unspecified atom stereocenters. The highest BCUT2D eigenvalue weighted by molar-refractivity contribution is 6.31. The summed E-state index contributed by atoms with van der Waals surface area (Å²) in [5, 5.41) is 0.698. The molecule has 3 nitrogen and oxygen atoms in total. The first-order valence-electron chi connectivity index (χ1n) is 5.82. The Kier molecular flexibility index (Phi) is 4.42. The number of nitrogens with two attached hydrogens (primary N) is 1. The molecule has 0 aliphatic carbocycles. The van der Waals surface area contributed by atoms with Crippen LogP contribution < -0.4 is 5.73 Å². The van der Waals surface area contributed by atoms with Gasteiger partial charge in [0, 0.05) is 11.6 Å². The van der Waals surface area contributed by atoms with Crippen LogP contribution in [0, 0.1) is 6.92 Å². The summed E-state index contributed by atoms with van der Waals surface area (Å²) in [7, 11) is 0. The van der Waals surface area contributed by atoms with Gasteiger partial charge in [0.25, 0.3) is 0 Å². The van der Waals surface area contributed by atoms with E-state index in [1.54, 1.807) is 0 Å². The first kappa shape index (κ1) is 13.1. The number of aryl methyl sites for hydroxylation is 1. The number of ether oxygens (including phenoxy) is 1. The molecule has 0 spiro atoms. The number of benzene rings is 1. The average molecular weight is 266 g/mol. The lowest BCUT2D eigenvalue weighted by Crippen LogP contribution is -2.15. The summed E-state index contributed by atoms with van der Waals surface area (Å²) in [4.78, 5) is 0. The predicted molar refractivity (Wildman–Crippen MR) is 71.5 cm³/mol. The molecular weight excluding hydrogens is 250 g/mol. The summed E-state index contributed by atoms with van der Waals surface area (Å²) in [6.07, 6.45) is -0.241. The van der Waals surface area contributed by atoms with Crippen molar-refractivity contribution in [3.8, 4) is 0 Å². The molecule has 2 aromatic rings. The second kappa shape index (κ2) is 6.05. The smallest absolute Gasteiger partial charge is 0.134 e. The lowest BCUT2D eigenvalue weighted by molar-refractivity contribution is 0.0309. The molecule has 1 atom stereocenters. The van der Waals surface area contributed by atoms with Crippen LogP contribution in [0.2, 0.25) is 5.02 Å². The molecule has 0 aliphatic rings. The third-order valence-corrected chi connectivity index (χ3v) is 3.06. The molecule has 18 heavy (non-hydrogen) atoms. The third-order valence-electron chi connectivity index (χ3n) is 2.69. The first-order chi connectivity index (χ1) is 8.70. The van der Waals surface area contributed by atoms with Crippen LogP contribution in [0.25, 0.3) is 0 Å². The second-order valence-corrected chi connectivity index (χ2v) is 4.48. The van der Waals surface area contributed by atoms with Gasteiger partial charge in [0.2, 0.25) is 0 Å². The van der Waals surface area contributed by atoms with Gasteiger partial charge in [-0.1, -0.05) is 29.8 Å². The van der Waals surface area contributed by atoms with Crippen molar-refractivity contribution < 1.29 is 9.15 Å². The van der Waals surface area contributed by atoms with Crippen LogP contribution in [-0.2, 0) is 11.3 Å². The van der Waals surface area contributed by atoms with E-state index in [0.29, 0.717) is 18.2 Å². The molecule has 1 heterocycles. The van der Waals surface area contributed by atoms with Gasteiger partial charge in [-0.3, -0.25) is 0 Å². The van der Waals surface area contributed by atoms with Crippen LogP contribution >= 0.6 is 11.6 Å².